The Balaban J connectivity index is 0.00000364. The molecule has 2 rings (SSSR count). The van der Waals surface area contributed by atoms with E-state index in [1.807, 2.05) is 6.92 Å². The minimum Gasteiger partial charge on any atom is -0.490 e. The standard InChI is InChI=1S/C17H23N3O6.ClH/c1-2-4-12(16(22)23)18-10-15(21)20-17(24)19-11-5-6-13-14(9-11)26-8-3-7-25-13;/h5-6,9,12,18H,2-4,7-8,10H2,1H3,(H,22,23)(H2,19,20,21,24);1H. The number of amides is 3. The first-order valence-corrected chi connectivity index (χ1v) is 8.46. The number of nitrogens with one attached hydrogen (secondary N) is 3. The fraction of sp³-hybridized carbons (Fsp3) is 0.471. The predicted molar refractivity (Wildman–Crippen MR) is 101 cm³/mol. The lowest BCUT2D eigenvalue weighted by Crippen LogP contribution is -2.45. The molecule has 1 atom stereocenters. The first-order chi connectivity index (χ1) is 12.5. The van der Waals surface area contributed by atoms with Crippen LogP contribution < -0.4 is 25.4 Å². The zero-order chi connectivity index (χ0) is 18.9. The lowest BCUT2D eigenvalue weighted by Gasteiger charge is -2.13. The van der Waals surface area contributed by atoms with Crippen molar-refractivity contribution in [3.05, 3.63) is 18.2 Å². The Morgan fingerprint density at radius 2 is 1.89 bits per heavy atom. The lowest BCUT2D eigenvalue weighted by atomic mass is 10.2. The van der Waals surface area contributed by atoms with Gasteiger partial charge < -0.3 is 19.9 Å². The van der Waals surface area contributed by atoms with Gasteiger partial charge in [0, 0.05) is 18.2 Å². The van der Waals surface area contributed by atoms with Gasteiger partial charge in [0.1, 0.15) is 6.04 Å². The van der Waals surface area contributed by atoms with Crippen LogP contribution in [0.4, 0.5) is 10.5 Å². The molecule has 0 aliphatic carbocycles. The molecule has 1 aromatic carbocycles. The number of hydrogen-bond acceptors (Lipinski definition) is 6. The molecule has 9 nitrogen and oxygen atoms in total. The SMILES string of the molecule is CCCC(NCC(=O)NC(=O)Nc1ccc2c(c1)OCCCO2)C(=O)O.Cl. The van der Waals surface area contributed by atoms with Gasteiger partial charge in [0.05, 0.1) is 19.8 Å². The molecule has 4 N–H and O–H groups in total. The normalized spacial score (nSPS) is 13.5. The number of hydrogen-bond donors (Lipinski definition) is 4. The predicted octanol–water partition coefficient (Wildman–Crippen LogP) is 1.76. The number of aliphatic carboxylic acids is 1. The fourth-order valence-electron chi connectivity index (χ4n) is 2.39. The second-order valence-corrected chi connectivity index (χ2v) is 5.77. The van der Waals surface area contributed by atoms with Crippen molar-refractivity contribution in [2.45, 2.75) is 32.2 Å². The van der Waals surface area contributed by atoms with Crippen molar-refractivity contribution in [1.82, 2.24) is 10.6 Å². The summed E-state index contributed by atoms with van der Waals surface area (Å²) in [6, 6.07) is 3.40. The molecule has 1 aliphatic rings. The van der Waals surface area contributed by atoms with E-state index in [1.165, 1.54) is 0 Å². The molecule has 10 heteroatoms. The summed E-state index contributed by atoms with van der Waals surface area (Å²) >= 11 is 0. The van der Waals surface area contributed by atoms with Crippen molar-refractivity contribution < 1.29 is 29.0 Å². The van der Waals surface area contributed by atoms with Crippen LogP contribution in [-0.4, -0.2) is 48.8 Å². The van der Waals surface area contributed by atoms with Crippen LogP contribution in [0.2, 0.25) is 0 Å². The summed E-state index contributed by atoms with van der Waals surface area (Å²) in [6.45, 7) is 2.67. The molecule has 1 unspecified atom stereocenters. The molecule has 1 aliphatic heterocycles. The highest BCUT2D eigenvalue weighted by molar-refractivity contribution is 6.02. The maximum Gasteiger partial charge on any atom is 0.325 e. The largest absolute Gasteiger partial charge is 0.490 e. The topological polar surface area (TPSA) is 126 Å². The maximum atomic E-state index is 11.9. The Kier molecular flexibility index (Phi) is 9.38. The number of carbonyl (C=O) groups is 3. The maximum absolute atomic E-state index is 11.9. The minimum absolute atomic E-state index is 0. The van der Waals surface area contributed by atoms with E-state index in [9.17, 15) is 14.4 Å². The summed E-state index contributed by atoms with van der Waals surface area (Å²) in [4.78, 5) is 34.7. The lowest BCUT2D eigenvalue weighted by molar-refractivity contribution is -0.139. The molecule has 0 aromatic heterocycles. The van der Waals surface area contributed by atoms with E-state index in [4.69, 9.17) is 14.6 Å². The van der Waals surface area contributed by atoms with Crippen LogP contribution in [0.5, 0.6) is 11.5 Å². The number of rotatable bonds is 7. The number of benzene rings is 1. The van der Waals surface area contributed by atoms with Crippen LogP contribution in [0.25, 0.3) is 0 Å². The summed E-state index contributed by atoms with van der Waals surface area (Å²) in [6.07, 6.45) is 1.83. The molecule has 0 saturated heterocycles. The summed E-state index contributed by atoms with van der Waals surface area (Å²) < 4.78 is 11.0. The molecular weight excluding hydrogens is 378 g/mol. The number of imide groups is 1. The Labute approximate surface area is 163 Å². The Hall–Kier alpha value is -2.52. The van der Waals surface area contributed by atoms with Gasteiger partial charge in [-0.05, 0) is 18.6 Å². The number of urea groups is 1. The fourth-order valence-corrected chi connectivity index (χ4v) is 2.39. The molecular formula is C17H24ClN3O6. The van der Waals surface area contributed by atoms with Crippen LogP contribution in [0.15, 0.2) is 18.2 Å². The van der Waals surface area contributed by atoms with Crippen molar-refractivity contribution in [3.63, 3.8) is 0 Å². The molecule has 0 radical (unpaired) electrons. The molecule has 0 bridgehead atoms. The molecule has 1 aromatic rings. The number of ether oxygens (including phenoxy) is 2. The van der Waals surface area contributed by atoms with Crippen LogP contribution in [0.3, 0.4) is 0 Å². The van der Waals surface area contributed by atoms with Gasteiger partial charge in [0.15, 0.2) is 11.5 Å². The van der Waals surface area contributed by atoms with Gasteiger partial charge in [-0.2, -0.15) is 0 Å². The van der Waals surface area contributed by atoms with E-state index >= 15 is 0 Å². The average molecular weight is 402 g/mol. The summed E-state index contributed by atoms with van der Waals surface area (Å²) in [5.74, 6) is -0.531. The van der Waals surface area contributed by atoms with Gasteiger partial charge in [0.25, 0.3) is 0 Å². The Bertz CT molecular complexity index is 670. The number of carbonyl (C=O) groups excluding carboxylic acids is 2. The van der Waals surface area contributed by atoms with Gasteiger partial charge in [-0.3, -0.25) is 20.2 Å². The van der Waals surface area contributed by atoms with E-state index in [0.717, 1.165) is 6.42 Å². The molecule has 150 valence electrons. The minimum atomic E-state index is -1.03. The highest BCUT2D eigenvalue weighted by atomic mass is 35.5. The third-order valence-electron chi connectivity index (χ3n) is 3.64. The highest BCUT2D eigenvalue weighted by Gasteiger charge is 2.18. The highest BCUT2D eigenvalue weighted by Crippen LogP contribution is 2.32. The number of anilines is 1. The Morgan fingerprint density at radius 3 is 2.56 bits per heavy atom. The van der Waals surface area contributed by atoms with Gasteiger partial charge in [0.2, 0.25) is 5.91 Å². The smallest absolute Gasteiger partial charge is 0.325 e. The number of carboxylic acids is 1. The van der Waals surface area contributed by atoms with Gasteiger partial charge in [-0.1, -0.05) is 13.3 Å². The van der Waals surface area contributed by atoms with E-state index in [0.29, 0.717) is 43.2 Å². The second kappa shape index (κ2) is 11.2. The molecule has 0 saturated carbocycles. The van der Waals surface area contributed by atoms with E-state index in [2.05, 4.69) is 16.0 Å². The zero-order valence-electron chi connectivity index (χ0n) is 14.9. The molecule has 0 spiro atoms. The zero-order valence-corrected chi connectivity index (χ0v) is 15.8. The van der Waals surface area contributed by atoms with Gasteiger partial charge >= 0.3 is 12.0 Å². The summed E-state index contributed by atoms with van der Waals surface area (Å²) in [5.41, 5.74) is 0.446. The number of carboxylic acid groups (broad SMARTS) is 1. The van der Waals surface area contributed by atoms with Crippen molar-refractivity contribution >= 4 is 36.0 Å². The van der Waals surface area contributed by atoms with E-state index < -0.39 is 23.9 Å². The quantitative estimate of drug-likeness (QED) is 0.548. The molecule has 3 amide bonds. The average Bonchev–Trinajstić information content (AvgIpc) is 2.83. The summed E-state index contributed by atoms with van der Waals surface area (Å²) in [5, 5.41) is 16.3. The third kappa shape index (κ3) is 7.32. The van der Waals surface area contributed by atoms with E-state index in [1.54, 1.807) is 18.2 Å². The van der Waals surface area contributed by atoms with Crippen LogP contribution in [0.1, 0.15) is 26.2 Å². The van der Waals surface area contributed by atoms with Crippen LogP contribution in [0, 0.1) is 0 Å². The number of fused-ring (bicyclic) bond motifs is 1. The van der Waals surface area contributed by atoms with Gasteiger partial charge in [-0.15, -0.1) is 12.4 Å². The second-order valence-electron chi connectivity index (χ2n) is 5.77. The molecule has 0 fully saturated rings. The van der Waals surface area contributed by atoms with Crippen molar-refractivity contribution in [2.24, 2.45) is 0 Å². The first-order valence-electron chi connectivity index (χ1n) is 8.46. The van der Waals surface area contributed by atoms with E-state index in [-0.39, 0.29) is 19.0 Å². The Morgan fingerprint density at radius 1 is 1.19 bits per heavy atom. The van der Waals surface area contributed by atoms with Crippen LogP contribution in [-0.2, 0) is 9.59 Å². The van der Waals surface area contributed by atoms with Crippen molar-refractivity contribution in [1.29, 1.82) is 0 Å². The molecule has 1 heterocycles. The summed E-state index contributed by atoms with van der Waals surface area (Å²) in [7, 11) is 0. The van der Waals surface area contributed by atoms with Crippen LogP contribution >= 0.6 is 12.4 Å². The van der Waals surface area contributed by atoms with Crippen molar-refractivity contribution in [2.75, 3.05) is 25.1 Å². The monoisotopic (exact) mass is 401 g/mol. The molecule has 27 heavy (non-hydrogen) atoms. The van der Waals surface area contributed by atoms with Gasteiger partial charge in [-0.25, -0.2) is 4.79 Å². The van der Waals surface area contributed by atoms with Crippen molar-refractivity contribution in [3.8, 4) is 11.5 Å². The number of halogens is 1. The first kappa shape index (κ1) is 22.5. The third-order valence-corrected chi connectivity index (χ3v) is 3.64.